The number of hydrogen-bond acceptors (Lipinski definition) is 2. The zero-order chi connectivity index (χ0) is 10.8. The van der Waals surface area contributed by atoms with Crippen LogP contribution >= 0.6 is 11.6 Å². The Labute approximate surface area is 91.5 Å². The molecule has 15 heavy (non-hydrogen) atoms. The van der Waals surface area contributed by atoms with Crippen molar-refractivity contribution in [3.05, 3.63) is 46.9 Å². The first-order valence-corrected chi connectivity index (χ1v) is 4.82. The Bertz CT molecular complexity index is 461. The average Bonchev–Trinajstić information content (AvgIpc) is 2.64. The van der Waals surface area contributed by atoms with Gasteiger partial charge in [0.15, 0.2) is 0 Å². The zero-order valence-corrected chi connectivity index (χ0v) is 8.59. The van der Waals surface area contributed by atoms with Crippen LogP contribution in [0.3, 0.4) is 0 Å². The predicted molar refractivity (Wildman–Crippen MR) is 57.0 cm³/mol. The minimum atomic E-state index is -0.386. The first-order chi connectivity index (χ1) is 7.19. The quantitative estimate of drug-likeness (QED) is 0.853. The molecule has 0 atom stereocenters. The lowest BCUT2D eigenvalue weighted by molar-refractivity contribution is 0.524. The molecule has 2 aromatic rings. The Morgan fingerprint density at radius 3 is 2.67 bits per heavy atom. The third kappa shape index (κ3) is 2.19. The lowest BCUT2D eigenvalue weighted by Crippen LogP contribution is -1.92. The SMILES string of the molecule is NCc1ccc(-c2cc(F)cc(Cl)c2)o1. The number of furan rings is 1. The van der Waals surface area contributed by atoms with Crippen LogP contribution in [0.15, 0.2) is 34.7 Å². The Morgan fingerprint density at radius 2 is 2.07 bits per heavy atom. The van der Waals surface area contributed by atoms with Crippen molar-refractivity contribution in [3.63, 3.8) is 0 Å². The first kappa shape index (κ1) is 10.2. The van der Waals surface area contributed by atoms with Crippen LogP contribution in [-0.2, 0) is 6.54 Å². The largest absolute Gasteiger partial charge is 0.460 e. The molecule has 1 aromatic carbocycles. The average molecular weight is 226 g/mol. The van der Waals surface area contributed by atoms with E-state index in [2.05, 4.69) is 0 Å². The van der Waals surface area contributed by atoms with Crippen molar-refractivity contribution in [1.82, 2.24) is 0 Å². The Morgan fingerprint density at radius 1 is 1.27 bits per heavy atom. The highest BCUT2D eigenvalue weighted by atomic mass is 35.5. The molecule has 0 aliphatic carbocycles. The summed E-state index contributed by atoms with van der Waals surface area (Å²) in [6.07, 6.45) is 0. The van der Waals surface area contributed by atoms with Gasteiger partial charge in [0.05, 0.1) is 6.54 Å². The molecule has 0 amide bonds. The lowest BCUT2D eigenvalue weighted by Gasteiger charge is -1.98. The number of halogens is 2. The fourth-order valence-corrected chi connectivity index (χ4v) is 1.56. The molecule has 2 N–H and O–H groups in total. The van der Waals surface area contributed by atoms with E-state index in [0.717, 1.165) is 0 Å². The van der Waals surface area contributed by atoms with Crippen molar-refractivity contribution in [2.24, 2.45) is 5.73 Å². The second-order valence-corrected chi connectivity index (χ2v) is 3.56. The minimum Gasteiger partial charge on any atom is -0.460 e. The summed E-state index contributed by atoms with van der Waals surface area (Å²) < 4.78 is 18.4. The molecule has 0 aliphatic heterocycles. The highest BCUT2D eigenvalue weighted by Crippen LogP contribution is 2.25. The Kier molecular flexibility index (Phi) is 2.75. The molecular formula is C11H9ClFNO. The maximum Gasteiger partial charge on any atom is 0.134 e. The van der Waals surface area contributed by atoms with Crippen molar-refractivity contribution in [3.8, 4) is 11.3 Å². The fourth-order valence-electron chi connectivity index (χ4n) is 1.34. The van der Waals surface area contributed by atoms with Crippen molar-refractivity contribution < 1.29 is 8.81 Å². The molecule has 1 aromatic heterocycles. The van der Waals surface area contributed by atoms with Crippen LogP contribution in [0.25, 0.3) is 11.3 Å². The van der Waals surface area contributed by atoms with Crippen molar-refractivity contribution >= 4 is 11.6 Å². The van der Waals surface area contributed by atoms with Crippen molar-refractivity contribution in [1.29, 1.82) is 0 Å². The maximum absolute atomic E-state index is 13.1. The van der Waals surface area contributed by atoms with E-state index >= 15 is 0 Å². The molecular weight excluding hydrogens is 217 g/mol. The van der Waals surface area contributed by atoms with E-state index in [1.54, 1.807) is 18.2 Å². The summed E-state index contributed by atoms with van der Waals surface area (Å²) in [5.41, 5.74) is 6.02. The van der Waals surface area contributed by atoms with Gasteiger partial charge >= 0.3 is 0 Å². The van der Waals surface area contributed by atoms with Crippen LogP contribution in [0.4, 0.5) is 4.39 Å². The van der Waals surface area contributed by atoms with Gasteiger partial charge < -0.3 is 10.2 Å². The zero-order valence-electron chi connectivity index (χ0n) is 7.84. The summed E-state index contributed by atoms with van der Waals surface area (Å²) >= 11 is 5.73. The third-order valence-corrected chi connectivity index (χ3v) is 2.23. The highest BCUT2D eigenvalue weighted by molar-refractivity contribution is 6.30. The van der Waals surface area contributed by atoms with Crippen LogP contribution < -0.4 is 5.73 Å². The van der Waals surface area contributed by atoms with Gasteiger partial charge in [-0.25, -0.2) is 4.39 Å². The monoisotopic (exact) mass is 225 g/mol. The number of rotatable bonds is 2. The van der Waals surface area contributed by atoms with Crippen LogP contribution in [0.2, 0.25) is 5.02 Å². The number of nitrogens with two attached hydrogens (primary N) is 1. The van der Waals surface area contributed by atoms with E-state index in [0.29, 0.717) is 28.7 Å². The molecule has 0 spiro atoms. The summed E-state index contributed by atoms with van der Waals surface area (Å²) in [4.78, 5) is 0. The molecule has 0 saturated heterocycles. The topological polar surface area (TPSA) is 39.2 Å². The second kappa shape index (κ2) is 4.04. The fraction of sp³-hybridized carbons (Fsp3) is 0.0909. The van der Waals surface area contributed by atoms with Crippen LogP contribution in [0.1, 0.15) is 5.76 Å². The summed E-state index contributed by atoms with van der Waals surface area (Å²) in [6, 6.07) is 7.76. The van der Waals surface area contributed by atoms with Gasteiger partial charge in [0.1, 0.15) is 17.3 Å². The molecule has 1 heterocycles. The molecule has 0 fully saturated rings. The summed E-state index contributed by atoms with van der Waals surface area (Å²) in [7, 11) is 0. The number of hydrogen-bond donors (Lipinski definition) is 1. The van der Waals surface area contributed by atoms with Gasteiger partial charge in [-0.2, -0.15) is 0 Å². The van der Waals surface area contributed by atoms with E-state index in [1.165, 1.54) is 12.1 Å². The molecule has 0 aliphatic rings. The summed E-state index contributed by atoms with van der Waals surface area (Å²) in [5.74, 6) is 0.838. The normalized spacial score (nSPS) is 10.6. The first-order valence-electron chi connectivity index (χ1n) is 4.44. The van der Waals surface area contributed by atoms with Crippen LogP contribution in [0, 0.1) is 5.82 Å². The molecule has 0 saturated carbocycles. The van der Waals surface area contributed by atoms with Gasteiger partial charge in [-0.15, -0.1) is 0 Å². The standard InChI is InChI=1S/C11H9ClFNO/c12-8-3-7(4-9(13)5-8)11-2-1-10(6-14)15-11/h1-5H,6,14H2. The van der Waals surface area contributed by atoms with E-state index in [1.807, 2.05) is 0 Å². The third-order valence-electron chi connectivity index (χ3n) is 2.01. The molecule has 4 heteroatoms. The molecule has 0 bridgehead atoms. The Balaban J connectivity index is 2.44. The van der Waals surface area contributed by atoms with Crippen LogP contribution in [0.5, 0.6) is 0 Å². The van der Waals surface area contributed by atoms with Gasteiger partial charge in [0, 0.05) is 10.6 Å². The second-order valence-electron chi connectivity index (χ2n) is 3.13. The van der Waals surface area contributed by atoms with E-state index < -0.39 is 0 Å². The molecule has 0 unspecified atom stereocenters. The van der Waals surface area contributed by atoms with Crippen LogP contribution in [-0.4, -0.2) is 0 Å². The van der Waals surface area contributed by atoms with Crippen molar-refractivity contribution in [2.45, 2.75) is 6.54 Å². The van der Waals surface area contributed by atoms with E-state index in [-0.39, 0.29) is 5.82 Å². The number of benzene rings is 1. The lowest BCUT2D eigenvalue weighted by atomic mass is 10.2. The van der Waals surface area contributed by atoms with Gasteiger partial charge in [0.25, 0.3) is 0 Å². The molecule has 78 valence electrons. The summed E-state index contributed by atoms with van der Waals surface area (Å²) in [5, 5.41) is 0.343. The van der Waals surface area contributed by atoms with E-state index in [4.69, 9.17) is 21.8 Å². The molecule has 2 nitrogen and oxygen atoms in total. The smallest absolute Gasteiger partial charge is 0.134 e. The Hall–Kier alpha value is -1.32. The molecule has 2 rings (SSSR count). The predicted octanol–water partition coefficient (Wildman–Crippen LogP) is 3.20. The maximum atomic E-state index is 13.1. The van der Waals surface area contributed by atoms with Crippen molar-refractivity contribution in [2.75, 3.05) is 0 Å². The highest BCUT2D eigenvalue weighted by Gasteiger charge is 2.06. The van der Waals surface area contributed by atoms with Gasteiger partial charge in [-0.3, -0.25) is 0 Å². The van der Waals surface area contributed by atoms with Gasteiger partial charge in [-0.1, -0.05) is 11.6 Å². The molecule has 0 radical (unpaired) electrons. The summed E-state index contributed by atoms with van der Waals surface area (Å²) in [6.45, 7) is 0.322. The van der Waals surface area contributed by atoms with Gasteiger partial charge in [0.2, 0.25) is 0 Å². The minimum absolute atomic E-state index is 0.322. The van der Waals surface area contributed by atoms with E-state index in [9.17, 15) is 4.39 Å². The van der Waals surface area contributed by atoms with Gasteiger partial charge in [-0.05, 0) is 30.3 Å².